The third-order valence-corrected chi connectivity index (χ3v) is 15.9. The topological polar surface area (TPSA) is 27.7 Å². The fraction of sp³-hybridized carbons (Fsp3) is 0.547. The van der Waals surface area contributed by atoms with Crippen molar-refractivity contribution in [3.63, 3.8) is 0 Å². The second-order valence-electron chi connectivity index (χ2n) is 19.8. The number of rotatable bonds is 12. The van der Waals surface area contributed by atoms with Gasteiger partial charge in [0.2, 0.25) is 0 Å². The SMILES string of the molecule is Cc1ccc(Oc2ccc(OC3(c4ccc(Oc5ccc(C)cc5)cc4)CCC4(C)C(CCC5C4CCC4(C)C(C(C)CCCC(C)C)CCC54)C3)cc2)cc1. The molecule has 0 bridgehead atoms. The van der Waals surface area contributed by atoms with Gasteiger partial charge < -0.3 is 14.2 Å². The molecule has 0 aliphatic heterocycles. The van der Waals surface area contributed by atoms with E-state index in [4.69, 9.17) is 14.2 Å². The molecule has 0 heterocycles. The van der Waals surface area contributed by atoms with Crippen LogP contribution in [-0.2, 0) is 5.60 Å². The van der Waals surface area contributed by atoms with Crippen LogP contribution < -0.4 is 14.2 Å². The molecule has 9 unspecified atom stereocenters. The van der Waals surface area contributed by atoms with Gasteiger partial charge in [-0.25, -0.2) is 0 Å². The van der Waals surface area contributed by atoms with E-state index in [1.54, 1.807) is 0 Å². The lowest BCUT2D eigenvalue weighted by atomic mass is 9.43. The van der Waals surface area contributed by atoms with Crippen LogP contribution in [0.1, 0.15) is 128 Å². The maximum Gasteiger partial charge on any atom is 0.134 e. The number of ether oxygens (including phenoxy) is 3. The monoisotopic (exact) mass is 753 g/mol. The Morgan fingerprint density at radius 2 is 1.09 bits per heavy atom. The Hall–Kier alpha value is -3.72. The van der Waals surface area contributed by atoms with Crippen LogP contribution in [0.5, 0.6) is 28.7 Å². The van der Waals surface area contributed by atoms with Crippen LogP contribution in [0.25, 0.3) is 0 Å². The molecule has 4 fully saturated rings. The lowest BCUT2D eigenvalue weighted by Crippen LogP contribution is -2.56. The standard InChI is InChI=1S/C53H68O3/c1-36(2)9-8-10-39(5)48-29-30-49-47-28-17-41-35-53(34-33-51(41,6)50(47)31-32-52(48,49)7,40-15-22-44(23-16-40)54-42-18-11-37(3)12-19-42)56-46-26-24-45(25-27-46)55-43-20-13-38(4)14-21-43/h11-16,18-27,36,39,41,47-50H,8-10,17,28-35H2,1-7H3. The van der Waals surface area contributed by atoms with Crippen molar-refractivity contribution in [2.24, 2.45) is 52.3 Å². The fourth-order valence-corrected chi connectivity index (χ4v) is 12.8. The normalized spacial score (nSPS) is 31.5. The predicted molar refractivity (Wildman–Crippen MR) is 231 cm³/mol. The van der Waals surface area contributed by atoms with Gasteiger partial charge in [-0.2, -0.15) is 0 Å². The highest BCUT2D eigenvalue weighted by Crippen LogP contribution is 2.69. The minimum absolute atomic E-state index is 0.359. The zero-order valence-electron chi connectivity index (χ0n) is 35.5. The molecule has 4 saturated carbocycles. The first kappa shape index (κ1) is 39.1. The van der Waals surface area contributed by atoms with E-state index in [2.05, 4.69) is 121 Å². The molecule has 0 N–H and O–H groups in total. The number of hydrogen-bond acceptors (Lipinski definition) is 3. The summed E-state index contributed by atoms with van der Waals surface area (Å²) >= 11 is 0. The van der Waals surface area contributed by atoms with Gasteiger partial charge in [0.25, 0.3) is 0 Å². The minimum Gasteiger partial charge on any atom is -0.483 e. The molecule has 3 nitrogen and oxygen atoms in total. The minimum atomic E-state index is -0.397. The van der Waals surface area contributed by atoms with E-state index in [1.807, 2.05) is 24.3 Å². The molecular weight excluding hydrogens is 685 g/mol. The third kappa shape index (κ3) is 7.78. The molecule has 4 aliphatic rings. The van der Waals surface area contributed by atoms with Gasteiger partial charge in [-0.1, -0.05) is 101 Å². The fourth-order valence-electron chi connectivity index (χ4n) is 12.8. The summed E-state index contributed by atoms with van der Waals surface area (Å²) in [5.41, 5.74) is 4.21. The molecule has 0 saturated heterocycles. The van der Waals surface area contributed by atoms with Crippen LogP contribution in [0.2, 0.25) is 0 Å². The highest BCUT2D eigenvalue weighted by Gasteiger charge is 2.62. The molecular formula is C53H68O3. The van der Waals surface area contributed by atoms with Gasteiger partial charge >= 0.3 is 0 Å². The molecule has 0 spiro atoms. The highest BCUT2D eigenvalue weighted by atomic mass is 16.5. The smallest absolute Gasteiger partial charge is 0.134 e. The molecule has 8 rings (SSSR count). The van der Waals surface area contributed by atoms with Crippen LogP contribution in [0, 0.1) is 66.1 Å². The molecule has 0 amide bonds. The van der Waals surface area contributed by atoms with Crippen LogP contribution in [0.15, 0.2) is 97.1 Å². The average molecular weight is 753 g/mol. The first-order valence-electron chi connectivity index (χ1n) is 22.3. The second kappa shape index (κ2) is 15.9. The summed E-state index contributed by atoms with van der Waals surface area (Å²) in [6, 6.07) is 33.7. The Morgan fingerprint density at radius 3 is 1.68 bits per heavy atom. The Balaban J connectivity index is 1.02. The molecule has 0 radical (unpaired) electrons. The van der Waals surface area contributed by atoms with Crippen molar-refractivity contribution < 1.29 is 14.2 Å². The molecule has 4 aromatic carbocycles. The Labute approximate surface area is 339 Å². The van der Waals surface area contributed by atoms with Gasteiger partial charge in [0, 0.05) is 0 Å². The zero-order valence-corrected chi connectivity index (χ0v) is 35.5. The Kier molecular flexibility index (Phi) is 11.1. The Bertz CT molecular complexity index is 1890. The summed E-state index contributed by atoms with van der Waals surface area (Å²) in [7, 11) is 0. The summed E-state index contributed by atoms with van der Waals surface area (Å²) in [6.07, 6.45) is 16.0. The van der Waals surface area contributed by atoms with Crippen LogP contribution in [0.3, 0.4) is 0 Å². The maximum atomic E-state index is 7.33. The number of hydrogen-bond donors (Lipinski definition) is 0. The van der Waals surface area contributed by atoms with Gasteiger partial charge in [-0.15, -0.1) is 0 Å². The number of fused-ring (bicyclic) bond motifs is 5. The molecule has 4 aliphatic carbocycles. The summed E-state index contributed by atoms with van der Waals surface area (Å²) in [5.74, 6) is 10.2. The highest BCUT2D eigenvalue weighted by molar-refractivity contribution is 5.40. The van der Waals surface area contributed by atoms with E-state index < -0.39 is 5.60 Å². The molecule has 3 heteroatoms. The second-order valence-corrected chi connectivity index (χ2v) is 19.8. The van der Waals surface area contributed by atoms with Crippen molar-refractivity contribution in [1.82, 2.24) is 0 Å². The van der Waals surface area contributed by atoms with Crippen molar-refractivity contribution in [2.45, 2.75) is 131 Å². The van der Waals surface area contributed by atoms with Crippen LogP contribution in [0.4, 0.5) is 0 Å². The number of benzene rings is 4. The molecule has 9 atom stereocenters. The van der Waals surface area contributed by atoms with Gasteiger partial charge in [0.1, 0.15) is 34.3 Å². The lowest BCUT2D eigenvalue weighted by molar-refractivity contribution is -0.148. The number of aryl methyl sites for hydroxylation is 2. The van der Waals surface area contributed by atoms with Crippen molar-refractivity contribution in [1.29, 1.82) is 0 Å². The lowest BCUT2D eigenvalue weighted by Gasteiger charge is -2.62. The predicted octanol–water partition coefficient (Wildman–Crippen LogP) is 15.3. The maximum absolute atomic E-state index is 7.33. The summed E-state index contributed by atoms with van der Waals surface area (Å²) in [4.78, 5) is 0. The van der Waals surface area contributed by atoms with Crippen molar-refractivity contribution in [2.75, 3.05) is 0 Å². The summed E-state index contributed by atoms with van der Waals surface area (Å²) in [6.45, 7) is 17.0. The van der Waals surface area contributed by atoms with Crippen LogP contribution >= 0.6 is 0 Å². The summed E-state index contributed by atoms with van der Waals surface area (Å²) < 4.78 is 19.8. The van der Waals surface area contributed by atoms with E-state index >= 15 is 0 Å². The van der Waals surface area contributed by atoms with Crippen molar-refractivity contribution >= 4 is 0 Å². The Morgan fingerprint density at radius 1 is 0.554 bits per heavy atom. The average Bonchev–Trinajstić information content (AvgIpc) is 3.55. The largest absolute Gasteiger partial charge is 0.483 e. The van der Waals surface area contributed by atoms with Crippen molar-refractivity contribution in [3.8, 4) is 28.7 Å². The molecule has 56 heavy (non-hydrogen) atoms. The van der Waals surface area contributed by atoms with Gasteiger partial charge in [0.05, 0.1) is 0 Å². The van der Waals surface area contributed by atoms with E-state index in [9.17, 15) is 0 Å². The van der Waals surface area contributed by atoms with E-state index in [0.29, 0.717) is 16.7 Å². The molecule has 4 aromatic rings. The zero-order chi connectivity index (χ0) is 39.1. The van der Waals surface area contributed by atoms with Crippen LogP contribution in [-0.4, -0.2) is 0 Å². The third-order valence-electron chi connectivity index (χ3n) is 15.9. The van der Waals surface area contributed by atoms with Crippen molar-refractivity contribution in [3.05, 3.63) is 114 Å². The first-order valence-corrected chi connectivity index (χ1v) is 22.3. The van der Waals surface area contributed by atoms with Gasteiger partial charge in [-0.3, -0.25) is 0 Å². The quantitative estimate of drug-likeness (QED) is 0.144. The van der Waals surface area contributed by atoms with Gasteiger partial charge in [0.15, 0.2) is 0 Å². The van der Waals surface area contributed by atoms with E-state index in [1.165, 1.54) is 80.9 Å². The van der Waals surface area contributed by atoms with Gasteiger partial charge in [-0.05, 0) is 190 Å². The first-order chi connectivity index (χ1) is 26.9. The van der Waals surface area contributed by atoms with E-state index in [0.717, 1.165) is 77.1 Å². The molecule has 298 valence electrons. The molecule has 0 aromatic heterocycles. The van der Waals surface area contributed by atoms with E-state index in [-0.39, 0.29) is 0 Å². The summed E-state index contributed by atoms with van der Waals surface area (Å²) in [5, 5.41) is 0.